The monoisotopic (exact) mass is 470 g/mol. The van der Waals surface area contributed by atoms with Crippen LogP contribution in [0.2, 0.25) is 10.0 Å². The molecule has 0 bridgehead atoms. The van der Waals surface area contributed by atoms with Gasteiger partial charge in [0, 0.05) is 22.9 Å². The van der Waals surface area contributed by atoms with Crippen LogP contribution in [0.1, 0.15) is 0 Å². The summed E-state index contributed by atoms with van der Waals surface area (Å²) in [7, 11) is 0. The second kappa shape index (κ2) is 9.01. The Morgan fingerprint density at radius 2 is 2.00 bits per heavy atom. The number of benzene rings is 2. The van der Waals surface area contributed by atoms with Gasteiger partial charge < -0.3 is 0 Å². The lowest BCUT2D eigenvalue weighted by atomic mass is 10.2. The minimum atomic E-state index is -0.320. The first-order chi connectivity index (χ1) is 15.0. The standard InChI is InChI=1S/C22H16Cl2N4O2S/c1-2-9-27(22-26-19(13-31-22)14-7-8-17(23)18(24)10-14)20(29)12-28-21(30)16-6-4-3-5-15(16)11-25-28/h2-8,10-11,13H,1,9,12H2. The molecule has 31 heavy (non-hydrogen) atoms. The number of fused-ring (bicyclic) bond motifs is 1. The number of carbonyl (C=O) groups is 1. The predicted molar refractivity (Wildman–Crippen MR) is 126 cm³/mol. The summed E-state index contributed by atoms with van der Waals surface area (Å²) in [5, 5.41) is 8.58. The number of thiazole rings is 1. The van der Waals surface area contributed by atoms with Gasteiger partial charge in [0.25, 0.3) is 11.5 Å². The summed E-state index contributed by atoms with van der Waals surface area (Å²) in [5.74, 6) is -0.320. The van der Waals surface area contributed by atoms with Crippen molar-refractivity contribution in [3.63, 3.8) is 0 Å². The van der Waals surface area contributed by atoms with Crippen LogP contribution < -0.4 is 10.5 Å². The molecule has 0 saturated heterocycles. The van der Waals surface area contributed by atoms with Gasteiger partial charge in [-0.25, -0.2) is 9.67 Å². The lowest BCUT2D eigenvalue weighted by Crippen LogP contribution is -2.37. The molecule has 1 amide bonds. The number of carbonyl (C=O) groups excluding carboxylic acids is 1. The summed E-state index contributed by atoms with van der Waals surface area (Å²) in [6.45, 7) is 3.76. The molecule has 2 heterocycles. The Hall–Kier alpha value is -3.00. The zero-order valence-corrected chi connectivity index (χ0v) is 18.5. The van der Waals surface area contributed by atoms with E-state index in [2.05, 4.69) is 16.7 Å². The Labute approximate surface area is 192 Å². The molecular weight excluding hydrogens is 455 g/mol. The Morgan fingerprint density at radius 3 is 2.77 bits per heavy atom. The molecule has 2 aromatic carbocycles. The van der Waals surface area contributed by atoms with Crippen molar-refractivity contribution in [1.82, 2.24) is 14.8 Å². The van der Waals surface area contributed by atoms with Gasteiger partial charge in [-0.2, -0.15) is 5.10 Å². The van der Waals surface area contributed by atoms with Gasteiger partial charge in [0.05, 0.1) is 27.3 Å². The molecule has 2 aromatic heterocycles. The Bertz CT molecular complexity index is 1350. The molecule has 0 saturated carbocycles. The van der Waals surface area contributed by atoms with Crippen LogP contribution in [0.4, 0.5) is 5.13 Å². The summed E-state index contributed by atoms with van der Waals surface area (Å²) < 4.78 is 1.16. The van der Waals surface area contributed by atoms with Crippen LogP contribution in [0.15, 0.2) is 71.5 Å². The van der Waals surface area contributed by atoms with E-state index in [1.54, 1.807) is 42.6 Å². The Kier molecular flexibility index (Phi) is 6.18. The van der Waals surface area contributed by atoms with Crippen LogP contribution in [0.3, 0.4) is 0 Å². The second-order valence-electron chi connectivity index (χ2n) is 6.63. The van der Waals surface area contributed by atoms with Gasteiger partial charge in [0.1, 0.15) is 6.54 Å². The van der Waals surface area contributed by atoms with Crippen LogP contribution in [-0.2, 0) is 11.3 Å². The molecule has 0 unspecified atom stereocenters. The molecule has 6 nitrogen and oxygen atoms in total. The number of hydrogen-bond acceptors (Lipinski definition) is 5. The van der Waals surface area contributed by atoms with Crippen LogP contribution in [0.25, 0.3) is 22.0 Å². The van der Waals surface area contributed by atoms with Crippen molar-refractivity contribution >= 4 is 56.3 Å². The van der Waals surface area contributed by atoms with E-state index in [1.165, 1.54) is 16.2 Å². The van der Waals surface area contributed by atoms with Crippen molar-refractivity contribution in [2.75, 3.05) is 11.4 Å². The third-order valence-corrected chi connectivity index (χ3v) is 6.20. The van der Waals surface area contributed by atoms with E-state index in [1.807, 2.05) is 17.5 Å². The van der Waals surface area contributed by atoms with Gasteiger partial charge in [-0.3, -0.25) is 14.5 Å². The molecule has 9 heteroatoms. The minimum absolute atomic E-state index is 0.209. The van der Waals surface area contributed by atoms with E-state index in [9.17, 15) is 9.59 Å². The maximum atomic E-state index is 13.0. The van der Waals surface area contributed by atoms with Gasteiger partial charge in [-0.15, -0.1) is 17.9 Å². The number of nitrogens with zero attached hydrogens (tertiary/aromatic N) is 4. The fourth-order valence-corrected chi connectivity index (χ4v) is 4.20. The summed E-state index contributed by atoms with van der Waals surface area (Å²) in [6, 6.07) is 12.4. The molecule has 0 aliphatic rings. The third-order valence-electron chi connectivity index (χ3n) is 4.60. The number of anilines is 1. The van der Waals surface area contributed by atoms with Gasteiger partial charge in [0.2, 0.25) is 0 Å². The van der Waals surface area contributed by atoms with Gasteiger partial charge in [-0.05, 0) is 18.2 Å². The van der Waals surface area contributed by atoms with Gasteiger partial charge in [0.15, 0.2) is 5.13 Å². The first-order valence-corrected chi connectivity index (χ1v) is 10.9. The fourth-order valence-electron chi connectivity index (χ4n) is 3.05. The highest BCUT2D eigenvalue weighted by atomic mass is 35.5. The average Bonchev–Trinajstić information content (AvgIpc) is 3.26. The summed E-state index contributed by atoms with van der Waals surface area (Å²) in [6.07, 6.45) is 3.18. The Morgan fingerprint density at radius 1 is 1.19 bits per heavy atom. The molecule has 0 N–H and O–H groups in total. The number of hydrogen-bond donors (Lipinski definition) is 0. The maximum Gasteiger partial charge on any atom is 0.275 e. The SMILES string of the molecule is C=CCN(C(=O)Cn1ncc2ccccc2c1=O)c1nc(-c2ccc(Cl)c(Cl)c2)cs1. The molecule has 0 fully saturated rings. The second-order valence-corrected chi connectivity index (χ2v) is 8.28. The fraction of sp³-hybridized carbons (Fsp3) is 0.0909. The topological polar surface area (TPSA) is 68.1 Å². The van der Waals surface area contributed by atoms with Crippen LogP contribution in [0, 0.1) is 0 Å². The van der Waals surface area contributed by atoms with Crippen LogP contribution in [0.5, 0.6) is 0 Å². The molecular formula is C22H16Cl2N4O2S. The first kappa shape index (κ1) is 21.2. The number of halogens is 2. The molecule has 0 spiro atoms. The lowest BCUT2D eigenvalue weighted by Gasteiger charge is -2.18. The normalized spacial score (nSPS) is 10.9. The smallest absolute Gasteiger partial charge is 0.275 e. The van der Waals surface area contributed by atoms with Crippen molar-refractivity contribution in [2.45, 2.75) is 6.54 Å². The van der Waals surface area contributed by atoms with E-state index in [4.69, 9.17) is 23.2 Å². The van der Waals surface area contributed by atoms with E-state index >= 15 is 0 Å². The van der Waals surface area contributed by atoms with E-state index in [0.717, 1.165) is 15.6 Å². The quantitative estimate of drug-likeness (QED) is 0.370. The van der Waals surface area contributed by atoms with Gasteiger partial charge in [-0.1, -0.05) is 53.5 Å². The average molecular weight is 471 g/mol. The minimum Gasteiger partial charge on any atom is -0.283 e. The van der Waals surface area contributed by atoms with Crippen molar-refractivity contribution < 1.29 is 4.79 Å². The van der Waals surface area contributed by atoms with Crippen LogP contribution in [-0.4, -0.2) is 27.2 Å². The van der Waals surface area contributed by atoms with E-state index in [-0.39, 0.29) is 24.6 Å². The van der Waals surface area contributed by atoms with Crippen molar-refractivity contribution in [3.05, 3.63) is 87.1 Å². The summed E-state index contributed by atoms with van der Waals surface area (Å²) in [5.41, 5.74) is 1.14. The van der Waals surface area contributed by atoms with E-state index < -0.39 is 0 Å². The molecule has 0 atom stereocenters. The third kappa shape index (κ3) is 4.39. The van der Waals surface area contributed by atoms with E-state index in [0.29, 0.717) is 26.3 Å². The number of aromatic nitrogens is 3. The molecule has 0 aliphatic carbocycles. The summed E-state index contributed by atoms with van der Waals surface area (Å²) in [4.78, 5) is 31.8. The summed E-state index contributed by atoms with van der Waals surface area (Å²) >= 11 is 13.4. The van der Waals surface area contributed by atoms with Crippen molar-refractivity contribution in [2.24, 2.45) is 0 Å². The molecule has 0 radical (unpaired) electrons. The maximum absolute atomic E-state index is 13.0. The highest BCUT2D eigenvalue weighted by molar-refractivity contribution is 7.14. The lowest BCUT2D eigenvalue weighted by molar-refractivity contribution is -0.119. The molecule has 4 aromatic rings. The first-order valence-electron chi connectivity index (χ1n) is 9.25. The van der Waals surface area contributed by atoms with Gasteiger partial charge >= 0.3 is 0 Å². The Balaban J connectivity index is 1.62. The van der Waals surface area contributed by atoms with Crippen molar-refractivity contribution in [1.29, 1.82) is 0 Å². The molecule has 4 rings (SSSR count). The zero-order valence-electron chi connectivity index (χ0n) is 16.2. The highest BCUT2D eigenvalue weighted by Crippen LogP contribution is 2.31. The number of amides is 1. The van der Waals surface area contributed by atoms with Crippen LogP contribution >= 0.6 is 34.5 Å². The highest BCUT2D eigenvalue weighted by Gasteiger charge is 2.20. The number of rotatable bonds is 6. The molecule has 156 valence electrons. The van der Waals surface area contributed by atoms with Crippen molar-refractivity contribution in [3.8, 4) is 11.3 Å². The largest absolute Gasteiger partial charge is 0.283 e. The molecule has 0 aliphatic heterocycles. The zero-order chi connectivity index (χ0) is 22.0. The predicted octanol–water partition coefficient (Wildman–Crippen LogP) is 5.05.